The van der Waals surface area contributed by atoms with E-state index in [9.17, 15) is 22.0 Å². The van der Waals surface area contributed by atoms with E-state index in [4.69, 9.17) is 14.2 Å². The lowest BCUT2D eigenvalue weighted by atomic mass is 10.2. The fraction of sp³-hybridized carbons (Fsp3) is 0.391. The minimum absolute atomic E-state index is 0.000762. The molecular weight excluding hydrogens is 516 g/mol. The second-order valence-corrected chi connectivity index (χ2v) is 10.5. The quantitative estimate of drug-likeness (QED) is 0.348. The number of hydrogen-bond donors (Lipinski definition) is 0. The number of fused-ring (bicyclic) bond motifs is 1. The number of amides is 1. The van der Waals surface area contributed by atoms with Crippen molar-refractivity contribution in [1.82, 2.24) is 8.87 Å². The molecule has 13 heteroatoms. The topological polar surface area (TPSA) is 99.4 Å². The van der Waals surface area contributed by atoms with Crippen LogP contribution in [0.5, 0.6) is 0 Å². The van der Waals surface area contributed by atoms with Crippen LogP contribution in [0.3, 0.4) is 0 Å². The summed E-state index contributed by atoms with van der Waals surface area (Å²) in [6, 6.07) is 7.31. The zero-order valence-electron chi connectivity index (χ0n) is 20.1. The van der Waals surface area contributed by atoms with E-state index in [-0.39, 0.29) is 60.2 Å². The molecule has 1 aromatic heterocycles. The molecular formula is C23H27F2N3O6S2. The zero-order valence-corrected chi connectivity index (χ0v) is 21.7. The Hall–Kier alpha value is -2.55. The number of benzene rings is 2. The lowest BCUT2D eigenvalue weighted by Gasteiger charge is -2.21. The molecule has 0 fully saturated rings. The van der Waals surface area contributed by atoms with Gasteiger partial charge in [0.1, 0.15) is 5.82 Å². The number of aromatic nitrogens is 1. The molecule has 196 valence electrons. The average Bonchev–Trinajstić information content (AvgIpc) is 3.19. The number of sulfonamides is 1. The Morgan fingerprint density at radius 2 is 1.61 bits per heavy atom. The van der Waals surface area contributed by atoms with Gasteiger partial charge in [-0.05, 0) is 30.3 Å². The van der Waals surface area contributed by atoms with Gasteiger partial charge in [0.2, 0.25) is 10.0 Å². The predicted octanol–water partition coefficient (Wildman–Crippen LogP) is 2.65. The van der Waals surface area contributed by atoms with E-state index in [0.717, 1.165) is 17.4 Å². The van der Waals surface area contributed by atoms with Crippen molar-refractivity contribution in [2.75, 3.05) is 54.2 Å². The lowest BCUT2D eigenvalue weighted by Crippen LogP contribution is -2.36. The minimum Gasteiger partial charge on any atom is -0.383 e. The number of methoxy groups -OCH3 is 3. The Bertz CT molecular complexity index is 1360. The van der Waals surface area contributed by atoms with Gasteiger partial charge < -0.3 is 18.8 Å². The molecule has 3 aromatic rings. The highest BCUT2D eigenvalue weighted by molar-refractivity contribution is 7.89. The monoisotopic (exact) mass is 543 g/mol. The van der Waals surface area contributed by atoms with Crippen LogP contribution in [-0.4, -0.2) is 77.4 Å². The van der Waals surface area contributed by atoms with Gasteiger partial charge in [0.15, 0.2) is 10.6 Å². The number of halogens is 2. The van der Waals surface area contributed by atoms with Crippen LogP contribution < -0.4 is 4.80 Å². The van der Waals surface area contributed by atoms with Crippen LogP contribution in [0.2, 0.25) is 0 Å². The van der Waals surface area contributed by atoms with Gasteiger partial charge in [-0.3, -0.25) is 4.79 Å². The van der Waals surface area contributed by atoms with Crippen LogP contribution in [0.1, 0.15) is 10.4 Å². The third-order valence-electron chi connectivity index (χ3n) is 5.24. The van der Waals surface area contributed by atoms with E-state index >= 15 is 0 Å². The van der Waals surface area contributed by atoms with Gasteiger partial charge in [-0.15, -0.1) is 0 Å². The molecule has 0 bridgehead atoms. The molecule has 36 heavy (non-hydrogen) atoms. The number of carbonyl (C=O) groups excluding carboxylic acids is 1. The zero-order chi connectivity index (χ0) is 26.3. The molecule has 0 unspecified atom stereocenters. The van der Waals surface area contributed by atoms with Gasteiger partial charge in [0.25, 0.3) is 5.91 Å². The number of carbonyl (C=O) groups is 1. The van der Waals surface area contributed by atoms with Crippen molar-refractivity contribution in [2.45, 2.75) is 11.4 Å². The molecule has 1 amide bonds. The minimum atomic E-state index is -3.85. The fourth-order valence-corrected chi connectivity index (χ4v) is 5.91. The molecule has 3 rings (SSSR count). The van der Waals surface area contributed by atoms with Gasteiger partial charge in [-0.1, -0.05) is 11.3 Å². The van der Waals surface area contributed by atoms with Crippen molar-refractivity contribution in [3.63, 3.8) is 0 Å². The predicted molar refractivity (Wildman–Crippen MR) is 130 cm³/mol. The normalized spacial score (nSPS) is 12.7. The first-order valence-corrected chi connectivity index (χ1v) is 13.1. The summed E-state index contributed by atoms with van der Waals surface area (Å²) in [5.74, 6) is -2.17. The van der Waals surface area contributed by atoms with E-state index in [1.54, 1.807) is 0 Å². The summed E-state index contributed by atoms with van der Waals surface area (Å²) in [6.07, 6.45) is 0. The molecule has 9 nitrogen and oxygen atoms in total. The molecule has 0 saturated heterocycles. The van der Waals surface area contributed by atoms with Gasteiger partial charge in [-0.2, -0.15) is 9.30 Å². The van der Waals surface area contributed by atoms with Gasteiger partial charge in [-0.25, -0.2) is 17.2 Å². The fourth-order valence-electron chi connectivity index (χ4n) is 3.41. The summed E-state index contributed by atoms with van der Waals surface area (Å²) in [7, 11) is 0.584. The summed E-state index contributed by atoms with van der Waals surface area (Å²) >= 11 is 0.966. The van der Waals surface area contributed by atoms with Crippen molar-refractivity contribution < 1.29 is 36.2 Å². The van der Waals surface area contributed by atoms with Crippen LogP contribution in [0.25, 0.3) is 10.2 Å². The molecule has 0 aliphatic carbocycles. The van der Waals surface area contributed by atoms with E-state index in [1.165, 1.54) is 60.5 Å². The van der Waals surface area contributed by atoms with Gasteiger partial charge >= 0.3 is 0 Å². The number of ether oxygens (including phenoxy) is 3. The van der Waals surface area contributed by atoms with Crippen LogP contribution >= 0.6 is 11.3 Å². The second kappa shape index (κ2) is 12.6. The van der Waals surface area contributed by atoms with Crippen molar-refractivity contribution in [3.05, 3.63) is 58.4 Å². The maximum atomic E-state index is 14.5. The van der Waals surface area contributed by atoms with Crippen LogP contribution in [0.4, 0.5) is 8.78 Å². The number of hydrogen-bond acceptors (Lipinski definition) is 7. The second-order valence-electron chi connectivity index (χ2n) is 7.59. The number of nitrogens with zero attached hydrogens (tertiary/aromatic N) is 3. The summed E-state index contributed by atoms with van der Waals surface area (Å²) in [4.78, 5) is 17.2. The molecule has 0 atom stereocenters. The third kappa shape index (κ3) is 6.41. The smallest absolute Gasteiger partial charge is 0.279 e. The maximum absolute atomic E-state index is 14.5. The first-order valence-electron chi connectivity index (χ1n) is 10.9. The van der Waals surface area contributed by atoms with E-state index in [1.807, 2.05) is 0 Å². The molecule has 0 N–H and O–H groups in total. The Kier molecular flexibility index (Phi) is 9.82. The van der Waals surface area contributed by atoms with E-state index in [0.29, 0.717) is 4.70 Å². The molecule has 0 saturated carbocycles. The highest BCUT2D eigenvalue weighted by Crippen LogP contribution is 2.23. The molecule has 1 heterocycles. The highest BCUT2D eigenvalue weighted by Gasteiger charge is 2.24. The SMILES string of the molecule is COCCN(CCOC)S(=O)(=O)c1ccc(C(=O)N=c2sc3cc(F)cc(F)c3n2CCOC)cc1. The van der Waals surface area contributed by atoms with Gasteiger partial charge in [0, 0.05) is 52.6 Å². The molecule has 2 aromatic carbocycles. The van der Waals surface area contributed by atoms with Crippen molar-refractivity contribution >= 4 is 37.5 Å². The van der Waals surface area contributed by atoms with Crippen LogP contribution in [-0.2, 0) is 30.8 Å². The molecule has 0 radical (unpaired) electrons. The Morgan fingerprint density at radius 1 is 1.00 bits per heavy atom. The van der Waals surface area contributed by atoms with E-state index < -0.39 is 27.6 Å². The highest BCUT2D eigenvalue weighted by atomic mass is 32.2. The Balaban J connectivity index is 1.94. The molecule has 0 aliphatic heterocycles. The van der Waals surface area contributed by atoms with E-state index in [2.05, 4.69) is 4.99 Å². The lowest BCUT2D eigenvalue weighted by molar-refractivity contribution is 0.0997. The maximum Gasteiger partial charge on any atom is 0.279 e. The summed E-state index contributed by atoms with van der Waals surface area (Å²) in [5.41, 5.74) is 0.260. The first kappa shape index (κ1) is 28.0. The number of thiazole rings is 1. The number of rotatable bonds is 12. The third-order valence-corrected chi connectivity index (χ3v) is 8.18. The molecule has 0 aliphatic rings. The average molecular weight is 544 g/mol. The summed E-state index contributed by atoms with van der Waals surface area (Å²) in [5, 5.41) is 0. The van der Waals surface area contributed by atoms with Gasteiger partial charge in [0.05, 0.1) is 34.9 Å². The first-order chi connectivity index (χ1) is 17.2. The Labute approximate surface area is 211 Å². The van der Waals surface area contributed by atoms with Crippen LogP contribution in [0, 0.1) is 11.6 Å². The standard InChI is InChI=1S/C23H27F2N3O6S2/c1-32-11-8-27(9-12-33-2)36(30,31)18-6-4-16(5-7-18)22(29)26-23-28(10-13-34-3)21-19(25)14-17(24)15-20(21)35-23/h4-7,14-15H,8-13H2,1-3H3. The van der Waals surface area contributed by atoms with Crippen molar-refractivity contribution in [1.29, 1.82) is 0 Å². The molecule has 0 spiro atoms. The van der Waals surface area contributed by atoms with Crippen molar-refractivity contribution in [3.8, 4) is 0 Å². The summed E-state index contributed by atoms with van der Waals surface area (Å²) < 4.78 is 72.4. The largest absolute Gasteiger partial charge is 0.383 e. The van der Waals surface area contributed by atoms with Crippen LogP contribution in [0.15, 0.2) is 46.3 Å². The van der Waals surface area contributed by atoms with Crippen molar-refractivity contribution in [2.24, 2.45) is 4.99 Å². The Morgan fingerprint density at radius 3 is 2.19 bits per heavy atom. The summed E-state index contributed by atoms with van der Waals surface area (Å²) in [6.45, 7) is 1.12.